The largest absolute Gasteiger partial charge is 0.496 e. The van der Waals surface area contributed by atoms with Crippen LogP contribution in [0.5, 0.6) is 5.75 Å². The molecule has 4 rings (SSSR count). The van der Waals surface area contributed by atoms with E-state index in [4.69, 9.17) is 15.5 Å². The van der Waals surface area contributed by atoms with Gasteiger partial charge >= 0.3 is 0 Å². The van der Waals surface area contributed by atoms with Gasteiger partial charge in [-0.2, -0.15) is 5.10 Å². The Morgan fingerprint density at radius 1 is 1.16 bits per heavy atom. The summed E-state index contributed by atoms with van der Waals surface area (Å²) < 4.78 is 9.17. The third-order valence-electron chi connectivity index (χ3n) is 4.01. The van der Waals surface area contributed by atoms with Crippen LogP contribution in [0.25, 0.3) is 17.1 Å². The van der Waals surface area contributed by atoms with Crippen LogP contribution in [0.1, 0.15) is 11.3 Å². The molecule has 8 heteroatoms. The summed E-state index contributed by atoms with van der Waals surface area (Å²) in [5.41, 5.74) is 8.94. The smallest absolute Gasteiger partial charge is 0.233 e. The molecule has 0 atom stereocenters. The maximum atomic E-state index is 5.81. The number of methoxy groups -OCH3 is 1. The average molecular weight is 335 g/mol. The highest BCUT2D eigenvalue weighted by atomic mass is 16.5. The van der Waals surface area contributed by atoms with Gasteiger partial charge in [0.1, 0.15) is 17.6 Å². The van der Waals surface area contributed by atoms with Crippen molar-refractivity contribution in [3.8, 4) is 11.7 Å². The molecule has 0 aliphatic carbocycles. The van der Waals surface area contributed by atoms with Gasteiger partial charge in [-0.3, -0.25) is 4.57 Å². The van der Waals surface area contributed by atoms with Crippen LogP contribution in [0.15, 0.2) is 49.1 Å². The Balaban J connectivity index is 1.93. The van der Waals surface area contributed by atoms with Crippen LogP contribution in [0, 0.1) is 0 Å². The van der Waals surface area contributed by atoms with Gasteiger partial charge in [0.05, 0.1) is 19.3 Å². The summed E-state index contributed by atoms with van der Waals surface area (Å²) in [6.07, 6.45) is 5.07. The minimum absolute atomic E-state index is 0.295. The molecule has 0 aliphatic heterocycles. The van der Waals surface area contributed by atoms with E-state index in [0.29, 0.717) is 35.9 Å². The highest BCUT2D eigenvalue weighted by Crippen LogP contribution is 2.24. The van der Waals surface area contributed by atoms with Crippen molar-refractivity contribution in [2.24, 2.45) is 5.73 Å². The molecule has 0 saturated carbocycles. The molecular weight excluding hydrogens is 318 g/mol. The topological polar surface area (TPSA) is 96.7 Å². The minimum atomic E-state index is 0.295. The van der Waals surface area contributed by atoms with Gasteiger partial charge in [0.25, 0.3) is 0 Å². The van der Waals surface area contributed by atoms with Crippen molar-refractivity contribution in [2.45, 2.75) is 13.1 Å². The SMILES string of the molecule is COc1ccccc1Cn1c(-n2cccn2)nc2c(CN)ncnc21. The molecule has 2 N–H and O–H groups in total. The lowest BCUT2D eigenvalue weighted by molar-refractivity contribution is 0.408. The summed E-state index contributed by atoms with van der Waals surface area (Å²) in [5, 5.41) is 4.30. The zero-order chi connectivity index (χ0) is 17.2. The van der Waals surface area contributed by atoms with Crippen molar-refractivity contribution in [3.63, 3.8) is 0 Å². The number of nitrogens with two attached hydrogens (primary N) is 1. The molecule has 126 valence electrons. The standard InChI is InChI=1S/C17H17N7O/c1-25-14-6-3-2-5-12(14)10-23-16-15(13(9-18)19-11-20-16)22-17(23)24-8-4-7-21-24/h2-8,11H,9-10,18H2,1H3. The summed E-state index contributed by atoms with van der Waals surface area (Å²) >= 11 is 0. The van der Waals surface area contributed by atoms with Crippen molar-refractivity contribution >= 4 is 11.2 Å². The second kappa shape index (κ2) is 6.33. The number of aromatic nitrogens is 6. The van der Waals surface area contributed by atoms with E-state index in [1.54, 1.807) is 18.0 Å². The first-order valence-corrected chi connectivity index (χ1v) is 7.84. The molecule has 3 aromatic heterocycles. The summed E-state index contributed by atoms with van der Waals surface area (Å²) in [7, 11) is 1.66. The number of nitrogens with zero attached hydrogens (tertiary/aromatic N) is 6. The normalized spacial score (nSPS) is 11.1. The number of benzene rings is 1. The molecule has 25 heavy (non-hydrogen) atoms. The Labute approximate surface area is 143 Å². The van der Waals surface area contributed by atoms with E-state index >= 15 is 0 Å². The average Bonchev–Trinajstić information content (AvgIpc) is 3.30. The maximum absolute atomic E-state index is 5.81. The highest BCUT2D eigenvalue weighted by Gasteiger charge is 2.18. The van der Waals surface area contributed by atoms with E-state index in [0.717, 1.165) is 11.3 Å². The molecule has 0 amide bonds. The van der Waals surface area contributed by atoms with Gasteiger partial charge in [-0.1, -0.05) is 18.2 Å². The van der Waals surface area contributed by atoms with Gasteiger partial charge in [-0.15, -0.1) is 0 Å². The van der Waals surface area contributed by atoms with Gasteiger partial charge in [0, 0.05) is 24.5 Å². The lowest BCUT2D eigenvalue weighted by Gasteiger charge is -2.11. The molecule has 0 bridgehead atoms. The van der Waals surface area contributed by atoms with E-state index in [9.17, 15) is 0 Å². The van der Waals surface area contributed by atoms with Gasteiger partial charge in [0.15, 0.2) is 5.65 Å². The fraction of sp³-hybridized carbons (Fsp3) is 0.176. The van der Waals surface area contributed by atoms with E-state index in [1.165, 1.54) is 6.33 Å². The van der Waals surface area contributed by atoms with Crippen molar-refractivity contribution in [2.75, 3.05) is 7.11 Å². The van der Waals surface area contributed by atoms with Crippen molar-refractivity contribution in [3.05, 3.63) is 60.3 Å². The van der Waals surface area contributed by atoms with Gasteiger partial charge in [-0.05, 0) is 12.1 Å². The van der Waals surface area contributed by atoms with Crippen LogP contribution in [0.3, 0.4) is 0 Å². The molecule has 4 aromatic rings. The highest BCUT2D eigenvalue weighted by molar-refractivity contribution is 5.75. The van der Waals surface area contributed by atoms with Crippen molar-refractivity contribution < 1.29 is 4.74 Å². The lowest BCUT2D eigenvalue weighted by atomic mass is 10.2. The van der Waals surface area contributed by atoms with Crippen LogP contribution < -0.4 is 10.5 Å². The zero-order valence-electron chi connectivity index (χ0n) is 13.7. The number of hydrogen-bond donors (Lipinski definition) is 1. The first kappa shape index (κ1) is 15.3. The number of rotatable bonds is 5. The van der Waals surface area contributed by atoms with Crippen LogP contribution >= 0.6 is 0 Å². The molecule has 3 heterocycles. The number of hydrogen-bond acceptors (Lipinski definition) is 6. The van der Waals surface area contributed by atoms with Gasteiger partial charge in [0.2, 0.25) is 5.95 Å². The number of fused-ring (bicyclic) bond motifs is 1. The van der Waals surface area contributed by atoms with E-state index < -0.39 is 0 Å². The summed E-state index contributed by atoms with van der Waals surface area (Å²) in [6.45, 7) is 0.833. The summed E-state index contributed by atoms with van der Waals surface area (Å²) in [5.74, 6) is 1.46. The molecule has 0 radical (unpaired) electrons. The number of para-hydroxylation sites is 1. The van der Waals surface area contributed by atoms with E-state index in [-0.39, 0.29) is 0 Å². The molecule has 0 unspecified atom stereocenters. The van der Waals surface area contributed by atoms with Crippen LogP contribution in [0.4, 0.5) is 0 Å². The molecule has 0 spiro atoms. The fourth-order valence-corrected chi connectivity index (χ4v) is 2.83. The third-order valence-corrected chi connectivity index (χ3v) is 4.01. The Morgan fingerprint density at radius 3 is 2.80 bits per heavy atom. The molecule has 0 fully saturated rings. The zero-order valence-corrected chi connectivity index (χ0v) is 13.7. The van der Waals surface area contributed by atoms with Crippen LogP contribution in [-0.2, 0) is 13.1 Å². The molecule has 8 nitrogen and oxygen atoms in total. The minimum Gasteiger partial charge on any atom is -0.496 e. The van der Waals surface area contributed by atoms with E-state index in [2.05, 4.69) is 15.1 Å². The number of ether oxygens (including phenoxy) is 1. The van der Waals surface area contributed by atoms with Crippen LogP contribution in [0.2, 0.25) is 0 Å². The Hall–Kier alpha value is -3.26. The first-order chi connectivity index (χ1) is 12.3. The predicted molar refractivity (Wildman–Crippen MR) is 92.4 cm³/mol. The fourth-order valence-electron chi connectivity index (χ4n) is 2.83. The quantitative estimate of drug-likeness (QED) is 0.594. The van der Waals surface area contributed by atoms with Gasteiger partial charge in [-0.25, -0.2) is 19.6 Å². The molecule has 0 aliphatic rings. The Bertz CT molecular complexity index is 1010. The van der Waals surface area contributed by atoms with Crippen molar-refractivity contribution in [1.29, 1.82) is 0 Å². The van der Waals surface area contributed by atoms with Gasteiger partial charge < -0.3 is 10.5 Å². The Morgan fingerprint density at radius 2 is 2.04 bits per heavy atom. The Kier molecular flexibility index (Phi) is 3.87. The van der Waals surface area contributed by atoms with E-state index in [1.807, 2.05) is 41.1 Å². The predicted octanol–water partition coefficient (Wildman–Crippen LogP) is 1.53. The third kappa shape index (κ3) is 2.62. The first-order valence-electron chi connectivity index (χ1n) is 7.84. The molecular formula is C17H17N7O. The second-order valence-corrected chi connectivity index (χ2v) is 5.46. The second-order valence-electron chi connectivity index (χ2n) is 5.46. The van der Waals surface area contributed by atoms with Crippen LogP contribution in [-0.4, -0.2) is 36.4 Å². The molecule has 0 saturated heterocycles. The maximum Gasteiger partial charge on any atom is 0.233 e. The molecule has 1 aromatic carbocycles. The monoisotopic (exact) mass is 335 g/mol. The summed E-state index contributed by atoms with van der Waals surface area (Å²) in [4.78, 5) is 13.4. The summed E-state index contributed by atoms with van der Waals surface area (Å²) in [6, 6.07) is 9.72. The van der Waals surface area contributed by atoms with Crippen molar-refractivity contribution in [1.82, 2.24) is 29.3 Å². The lowest BCUT2D eigenvalue weighted by Crippen LogP contribution is -2.10. The number of imidazole rings is 1.